The highest BCUT2D eigenvalue weighted by molar-refractivity contribution is 7.99. The van der Waals surface area contributed by atoms with Gasteiger partial charge in [-0.3, -0.25) is 4.57 Å². The van der Waals surface area contributed by atoms with Gasteiger partial charge in [-0.05, 0) is 43.3 Å². The van der Waals surface area contributed by atoms with Gasteiger partial charge in [-0.25, -0.2) is 4.39 Å². The number of hydrogen-bond acceptors (Lipinski definition) is 4. The molecular weight excluding hydrogens is 394 g/mol. The van der Waals surface area contributed by atoms with Crippen molar-refractivity contribution in [1.29, 1.82) is 0 Å². The minimum Gasteiger partial charge on any atom is -0.494 e. The van der Waals surface area contributed by atoms with Crippen molar-refractivity contribution in [3.8, 4) is 22.8 Å². The van der Waals surface area contributed by atoms with E-state index in [1.165, 1.54) is 22.8 Å². The van der Waals surface area contributed by atoms with Crippen LogP contribution in [0.25, 0.3) is 17.1 Å². The van der Waals surface area contributed by atoms with Crippen LogP contribution in [0.1, 0.15) is 13.3 Å². The molecule has 0 fully saturated rings. The fraction of sp³-hybridized carbons (Fsp3) is 0.263. The highest BCUT2D eigenvalue weighted by atomic mass is 32.2. The SMILES string of the molecule is CCOc1ccc(-c2nnc(SCCC(F)(F)F)n2-c2ccccc2F)cc1. The van der Waals surface area contributed by atoms with Crippen LogP contribution in [0.5, 0.6) is 5.75 Å². The van der Waals surface area contributed by atoms with Crippen LogP contribution in [0.2, 0.25) is 0 Å². The van der Waals surface area contributed by atoms with Crippen molar-refractivity contribution >= 4 is 11.8 Å². The Morgan fingerprint density at radius 3 is 2.39 bits per heavy atom. The Balaban J connectivity index is 1.99. The molecule has 0 aliphatic carbocycles. The maximum atomic E-state index is 14.4. The molecule has 0 amide bonds. The van der Waals surface area contributed by atoms with E-state index in [9.17, 15) is 17.6 Å². The summed E-state index contributed by atoms with van der Waals surface area (Å²) in [7, 11) is 0. The van der Waals surface area contributed by atoms with E-state index in [1.807, 2.05) is 6.92 Å². The molecule has 0 saturated heterocycles. The van der Waals surface area contributed by atoms with Gasteiger partial charge >= 0.3 is 6.18 Å². The van der Waals surface area contributed by atoms with Gasteiger partial charge in [-0.2, -0.15) is 13.2 Å². The second kappa shape index (κ2) is 8.64. The molecule has 3 rings (SSSR count). The molecule has 1 heterocycles. The molecule has 2 aromatic carbocycles. The van der Waals surface area contributed by atoms with E-state index in [-0.39, 0.29) is 16.6 Å². The summed E-state index contributed by atoms with van der Waals surface area (Å²) >= 11 is 0.882. The summed E-state index contributed by atoms with van der Waals surface area (Å²) in [5.41, 5.74) is 0.813. The largest absolute Gasteiger partial charge is 0.494 e. The lowest BCUT2D eigenvalue weighted by molar-refractivity contribution is -0.129. The second-order valence-electron chi connectivity index (χ2n) is 5.76. The van der Waals surface area contributed by atoms with E-state index in [0.717, 1.165) is 11.8 Å². The van der Waals surface area contributed by atoms with Crippen molar-refractivity contribution in [2.75, 3.05) is 12.4 Å². The van der Waals surface area contributed by atoms with Gasteiger partial charge < -0.3 is 4.74 Å². The third kappa shape index (κ3) is 4.83. The number of ether oxygens (including phenoxy) is 1. The third-order valence-corrected chi connectivity index (χ3v) is 4.70. The molecule has 1 aromatic heterocycles. The zero-order valence-electron chi connectivity index (χ0n) is 14.9. The predicted octanol–water partition coefficient (Wildman–Crippen LogP) is 5.52. The Hall–Kier alpha value is -2.55. The van der Waals surface area contributed by atoms with E-state index < -0.39 is 18.4 Å². The van der Waals surface area contributed by atoms with Crippen LogP contribution in [0.4, 0.5) is 17.6 Å². The number of hydrogen-bond donors (Lipinski definition) is 0. The number of benzene rings is 2. The third-order valence-electron chi connectivity index (χ3n) is 3.77. The lowest BCUT2D eigenvalue weighted by Gasteiger charge is -2.12. The lowest BCUT2D eigenvalue weighted by atomic mass is 10.2. The second-order valence-corrected chi connectivity index (χ2v) is 6.83. The maximum absolute atomic E-state index is 14.4. The van der Waals surface area contributed by atoms with E-state index in [1.54, 1.807) is 30.3 Å². The first kappa shape index (κ1) is 20.2. The first-order chi connectivity index (χ1) is 13.4. The molecule has 4 nitrogen and oxygen atoms in total. The van der Waals surface area contributed by atoms with Gasteiger partial charge in [0.2, 0.25) is 0 Å². The van der Waals surface area contributed by atoms with Crippen LogP contribution in [-0.4, -0.2) is 33.3 Å². The van der Waals surface area contributed by atoms with Gasteiger partial charge in [0.05, 0.1) is 18.7 Å². The summed E-state index contributed by atoms with van der Waals surface area (Å²) in [6, 6.07) is 13.0. The van der Waals surface area contributed by atoms with Gasteiger partial charge in [0, 0.05) is 11.3 Å². The van der Waals surface area contributed by atoms with Crippen LogP contribution < -0.4 is 4.74 Å². The minimum atomic E-state index is -4.27. The van der Waals surface area contributed by atoms with E-state index in [4.69, 9.17) is 4.74 Å². The quantitative estimate of drug-likeness (QED) is 0.379. The number of halogens is 4. The fourth-order valence-electron chi connectivity index (χ4n) is 2.53. The van der Waals surface area contributed by atoms with Crippen molar-refractivity contribution in [2.24, 2.45) is 0 Å². The Labute approximate surface area is 163 Å². The molecule has 0 atom stereocenters. The van der Waals surface area contributed by atoms with Gasteiger partial charge in [0.15, 0.2) is 11.0 Å². The normalized spacial score (nSPS) is 11.6. The average Bonchev–Trinajstić information content (AvgIpc) is 3.06. The van der Waals surface area contributed by atoms with Crippen molar-refractivity contribution < 1.29 is 22.3 Å². The molecule has 28 heavy (non-hydrogen) atoms. The molecule has 148 valence electrons. The van der Waals surface area contributed by atoms with Gasteiger partial charge in [0.25, 0.3) is 0 Å². The summed E-state index contributed by atoms with van der Waals surface area (Å²) in [5.74, 6) is 0.247. The molecular formula is C19H17F4N3OS. The zero-order valence-corrected chi connectivity index (χ0v) is 15.7. The molecule has 0 saturated carbocycles. The van der Waals surface area contributed by atoms with Gasteiger partial charge in [-0.15, -0.1) is 10.2 Å². The van der Waals surface area contributed by atoms with Crippen molar-refractivity contribution in [1.82, 2.24) is 14.8 Å². The lowest BCUT2D eigenvalue weighted by Crippen LogP contribution is -2.09. The molecule has 0 aliphatic heterocycles. The molecule has 9 heteroatoms. The highest BCUT2D eigenvalue weighted by Gasteiger charge is 2.27. The molecule has 0 aliphatic rings. The van der Waals surface area contributed by atoms with Crippen LogP contribution in [0.15, 0.2) is 53.7 Å². The Morgan fingerprint density at radius 2 is 1.75 bits per heavy atom. The fourth-order valence-corrected chi connectivity index (χ4v) is 3.45. The standard InChI is InChI=1S/C19H17F4N3OS/c1-2-27-14-9-7-13(8-10-14)17-24-25-18(28-12-11-19(21,22)23)26(17)16-6-4-3-5-15(16)20/h3-10H,2,11-12H2,1H3. The summed E-state index contributed by atoms with van der Waals surface area (Å²) in [4.78, 5) is 0. The summed E-state index contributed by atoms with van der Waals surface area (Å²) < 4.78 is 58.7. The summed E-state index contributed by atoms with van der Waals surface area (Å²) in [5, 5.41) is 8.29. The number of thioether (sulfide) groups is 1. The first-order valence-corrected chi connectivity index (χ1v) is 9.50. The average molecular weight is 411 g/mol. The van der Waals surface area contributed by atoms with Crippen molar-refractivity contribution in [3.63, 3.8) is 0 Å². The number of alkyl halides is 3. The summed E-state index contributed by atoms with van der Waals surface area (Å²) in [6.45, 7) is 2.39. The van der Waals surface area contributed by atoms with Crippen molar-refractivity contribution in [3.05, 3.63) is 54.3 Å². The van der Waals surface area contributed by atoms with E-state index >= 15 is 0 Å². The minimum absolute atomic E-state index is 0.172. The molecule has 0 N–H and O–H groups in total. The Morgan fingerprint density at radius 1 is 1.04 bits per heavy atom. The first-order valence-electron chi connectivity index (χ1n) is 8.52. The molecule has 3 aromatic rings. The number of rotatable bonds is 7. The van der Waals surface area contributed by atoms with Crippen molar-refractivity contribution in [2.45, 2.75) is 24.7 Å². The van der Waals surface area contributed by atoms with E-state index in [2.05, 4.69) is 10.2 Å². The Kier molecular flexibility index (Phi) is 6.23. The number of aromatic nitrogens is 3. The smallest absolute Gasteiger partial charge is 0.389 e. The number of nitrogens with zero attached hydrogens (tertiary/aromatic N) is 3. The Bertz CT molecular complexity index is 926. The topological polar surface area (TPSA) is 39.9 Å². The highest BCUT2D eigenvalue weighted by Crippen LogP contribution is 2.32. The van der Waals surface area contributed by atoms with Gasteiger partial charge in [-0.1, -0.05) is 23.9 Å². The van der Waals surface area contributed by atoms with Crippen LogP contribution >= 0.6 is 11.8 Å². The monoisotopic (exact) mass is 411 g/mol. The van der Waals surface area contributed by atoms with Crippen LogP contribution in [-0.2, 0) is 0 Å². The molecule has 0 radical (unpaired) electrons. The predicted molar refractivity (Wildman–Crippen MR) is 99.3 cm³/mol. The van der Waals surface area contributed by atoms with Crippen LogP contribution in [0.3, 0.4) is 0 Å². The van der Waals surface area contributed by atoms with E-state index in [0.29, 0.717) is 23.7 Å². The molecule has 0 spiro atoms. The molecule has 0 bridgehead atoms. The zero-order chi connectivity index (χ0) is 20.1. The van der Waals surface area contributed by atoms with Crippen LogP contribution in [0, 0.1) is 5.82 Å². The van der Waals surface area contributed by atoms with Gasteiger partial charge in [0.1, 0.15) is 11.6 Å². The molecule has 0 unspecified atom stereocenters. The summed E-state index contributed by atoms with van der Waals surface area (Å²) in [6.07, 6.45) is -5.24. The number of para-hydroxylation sites is 1. The maximum Gasteiger partial charge on any atom is 0.389 e.